The summed E-state index contributed by atoms with van der Waals surface area (Å²) in [7, 11) is 0. The quantitative estimate of drug-likeness (QED) is 0.433. The van der Waals surface area contributed by atoms with Gasteiger partial charge in [-0.25, -0.2) is 4.98 Å². The van der Waals surface area contributed by atoms with E-state index in [4.69, 9.17) is 0 Å². The third-order valence-electron chi connectivity index (χ3n) is 4.98. The second-order valence-corrected chi connectivity index (χ2v) is 8.64. The Kier molecular flexibility index (Phi) is 8.08. The molecule has 168 valence electrons. The van der Waals surface area contributed by atoms with Gasteiger partial charge in [-0.05, 0) is 43.5 Å². The smallest absolute Gasteiger partial charge is 0.240 e. The maximum absolute atomic E-state index is 12.5. The Balaban J connectivity index is 1.58. The molecule has 0 atom stereocenters. The largest absolute Gasteiger partial charge is 0.390 e. The lowest BCUT2D eigenvalue weighted by molar-refractivity contribution is -0.122. The lowest BCUT2D eigenvalue weighted by Gasteiger charge is -2.12. The number of imidazole rings is 1. The number of benzene rings is 2. The predicted octanol–water partition coefficient (Wildman–Crippen LogP) is 3.35. The lowest BCUT2D eigenvalue weighted by Crippen LogP contribution is -2.28. The Morgan fingerprint density at radius 1 is 1.03 bits per heavy atom. The van der Waals surface area contributed by atoms with Crippen LogP contribution in [0, 0.1) is 20.8 Å². The molecule has 2 aromatic carbocycles. The number of aryl methyl sites for hydroxylation is 3. The van der Waals surface area contributed by atoms with Crippen molar-refractivity contribution < 1.29 is 14.7 Å². The Morgan fingerprint density at radius 3 is 2.47 bits per heavy atom. The van der Waals surface area contributed by atoms with E-state index in [1.807, 2.05) is 63.2 Å². The number of carbonyl (C=O) groups is 2. The van der Waals surface area contributed by atoms with Crippen LogP contribution in [0.3, 0.4) is 0 Å². The molecule has 0 spiro atoms. The number of aliphatic hydroxyl groups excluding tert-OH is 1. The number of aromatic nitrogens is 2. The Labute approximate surface area is 192 Å². The van der Waals surface area contributed by atoms with Crippen molar-refractivity contribution in [1.82, 2.24) is 14.9 Å². The van der Waals surface area contributed by atoms with E-state index in [9.17, 15) is 14.7 Å². The van der Waals surface area contributed by atoms with Gasteiger partial charge >= 0.3 is 0 Å². The molecule has 0 radical (unpaired) electrons. The van der Waals surface area contributed by atoms with Crippen LogP contribution in [0.4, 0.5) is 5.69 Å². The number of nitrogens with one attached hydrogen (secondary N) is 2. The highest BCUT2D eigenvalue weighted by atomic mass is 32.2. The van der Waals surface area contributed by atoms with Crippen LogP contribution in [-0.4, -0.2) is 32.2 Å². The summed E-state index contributed by atoms with van der Waals surface area (Å²) in [6.07, 6.45) is 1.53. The number of nitrogens with zero attached hydrogens (tertiary/aromatic N) is 2. The molecule has 0 saturated heterocycles. The molecule has 0 aliphatic heterocycles. The van der Waals surface area contributed by atoms with E-state index in [2.05, 4.69) is 15.6 Å². The summed E-state index contributed by atoms with van der Waals surface area (Å²) in [5.74, 6) is -0.215. The normalized spacial score (nSPS) is 10.8. The molecule has 0 saturated carbocycles. The summed E-state index contributed by atoms with van der Waals surface area (Å²) >= 11 is 1.23. The zero-order chi connectivity index (χ0) is 23.1. The van der Waals surface area contributed by atoms with Crippen molar-refractivity contribution in [3.8, 4) is 0 Å². The van der Waals surface area contributed by atoms with Gasteiger partial charge in [-0.1, -0.05) is 53.7 Å². The van der Waals surface area contributed by atoms with Gasteiger partial charge in [0.25, 0.3) is 0 Å². The van der Waals surface area contributed by atoms with Crippen LogP contribution >= 0.6 is 11.8 Å². The molecule has 2 amide bonds. The summed E-state index contributed by atoms with van der Waals surface area (Å²) in [6.45, 7) is 6.12. The number of hydrogen-bond acceptors (Lipinski definition) is 5. The maximum Gasteiger partial charge on any atom is 0.240 e. The Hall–Kier alpha value is -3.10. The van der Waals surface area contributed by atoms with Crippen LogP contribution in [0.15, 0.2) is 53.8 Å². The fraction of sp³-hybridized carbons (Fsp3) is 0.292. The van der Waals surface area contributed by atoms with E-state index in [0.29, 0.717) is 17.4 Å². The minimum absolute atomic E-state index is 0.0166. The van der Waals surface area contributed by atoms with Gasteiger partial charge in [0.15, 0.2) is 5.16 Å². The van der Waals surface area contributed by atoms with Crippen molar-refractivity contribution >= 4 is 29.3 Å². The first-order chi connectivity index (χ1) is 15.4. The van der Waals surface area contributed by atoms with Gasteiger partial charge in [0, 0.05) is 12.2 Å². The van der Waals surface area contributed by atoms with Crippen LogP contribution < -0.4 is 10.6 Å². The lowest BCUT2D eigenvalue weighted by atomic mass is 10.1. The van der Waals surface area contributed by atoms with Crippen LogP contribution in [0.5, 0.6) is 0 Å². The second kappa shape index (κ2) is 11.0. The molecule has 0 fully saturated rings. The SMILES string of the molecule is Cc1ccc(CNC(=O)Cn2c(CO)cnc2SCC(=O)Nc2cc(C)ccc2C)cc1. The molecule has 7 nitrogen and oxygen atoms in total. The molecule has 3 rings (SSSR count). The number of rotatable bonds is 9. The molecular formula is C24H28N4O3S. The second-order valence-electron chi connectivity index (χ2n) is 7.69. The molecular weight excluding hydrogens is 424 g/mol. The monoisotopic (exact) mass is 452 g/mol. The number of aliphatic hydroxyl groups is 1. The van der Waals surface area contributed by atoms with Crippen molar-refractivity contribution in [3.05, 3.63) is 76.6 Å². The van der Waals surface area contributed by atoms with Gasteiger partial charge in [0.05, 0.1) is 24.3 Å². The summed E-state index contributed by atoms with van der Waals surface area (Å²) < 4.78 is 1.64. The Morgan fingerprint density at radius 2 is 1.75 bits per heavy atom. The first-order valence-corrected chi connectivity index (χ1v) is 11.3. The topological polar surface area (TPSA) is 96.2 Å². The molecule has 0 aliphatic rings. The average Bonchev–Trinajstić information content (AvgIpc) is 3.16. The van der Waals surface area contributed by atoms with E-state index in [1.165, 1.54) is 18.0 Å². The van der Waals surface area contributed by atoms with Crippen molar-refractivity contribution in [1.29, 1.82) is 0 Å². The van der Waals surface area contributed by atoms with Crippen LogP contribution in [-0.2, 0) is 29.3 Å². The molecule has 3 N–H and O–H groups in total. The van der Waals surface area contributed by atoms with E-state index in [0.717, 1.165) is 27.9 Å². The molecule has 1 heterocycles. The predicted molar refractivity (Wildman–Crippen MR) is 126 cm³/mol. The summed E-state index contributed by atoms with van der Waals surface area (Å²) in [4.78, 5) is 29.2. The highest BCUT2D eigenvalue weighted by molar-refractivity contribution is 7.99. The van der Waals surface area contributed by atoms with Gasteiger partial charge in [-0.2, -0.15) is 0 Å². The van der Waals surface area contributed by atoms with Crippen LogP contribution in [0.2, 0.25) is 0 Å². The van der Waals surface area contributed by atoms with E-state index >= 15 is 0 Å². The van der Waals surface area contributed by atoms with Crippen molar-refractivity contribution in [2.75, 3.05) is 11.1 Å². The molecule has 0 unspecified atom stereocenters. The molecule has 0 aliphatic carbocycles. The average molecular weight is 453 g/mol. The van der Waals surface area contributed by atoms with Crippen molar-refractivity contribution in [2.24, 2.45) is 0 Å². The number of thioether (sulfide) groups is 1. The van der Waals surface area contributed by atoms with Crippen molar-refractivity contribution in [3.63, 3.8) is 0 Å². The number of anilines is 1. The van der Waals surface area contributed by atoms with Gasteiger partial charge < -0.3 is 20.3 Å². The fourth-order valence-electron chi connectivity index (χ4n) is 3.10. The van der Waals surface area contributed by atoms with E-state index in [1.54, 1.807) is 4.57 Å². The summed E-state index contributed by atoms with van der Waals surface area (Å²) in [6, 6.07) is 13.8. The molecule has 8 heteroatoms. The highest BCUT2D eigenvalue weighted by Gasteiger charge is 2.15. The van der Waals surface area contributed by atoms with Crippen molar-refractivity contribution in [2.45, 2.75) is 45.6 Å². The van der Waals surface area contributed by atoms with E-state index < -0.39 is 0 Å². The molecule has 0 bridgehead atoms. The number of amides is 2. The van der Waals surface area contributed by atoms with Gasteiger partial charge in [0.2, 0.25) is 11.8 Å². The van der Waals surface area contributed by atoms with Gasteiger partial charge in [-0.3, -0.25) is 9.59 Å². The van der Waals surface area contributed by atoms with Crippen LogP contribution in [0.25, 0.3) is 0 Å². The molecule has 32 heavy (non-hydrogen) atoms. The fourth-order valence-corrected chi connectivity index (χ4v) is 3.89. The highest BCUT2D eigenvalue weighted by Crippen LogP contribution is 2.21. The third kappa shape index (κ3) is 6.45. The first kappa shape index (κ1) is 23.6. The Bertz CT molecular complexity index is 1090. The standard InChI is InChI=1S/C24H28N4O3S/c1-16-5-8-19(9-6-16)11-25-22(30)13-28-20(14-29)12-26-24(28)32-15-23(31)27-21-10-17(2)4-7-18(21)3/h4-10,12,29H,11,13-15H2,1-3H3,(H,25,30)(H,27,31). The molecule has 3 aromatic rings. The number of hydrogen-bond donors (Lipinski definition) is 3. The molecule has 1 aromatic heterocycles. The summed E-state index contributed by atoms with van der Waals surface area (Å²) in [5.41, 5.74) is 5.53. The minimum atomic E-state index is -0.243. The number of carbonyl (C=O) groups excluding carboxylic acids is 2. The van der Waals surface area contributed by atoms with Crippen LogP contribution in [0.1, 0.15) is 27.9 Å². The zero-order valence-corrected chi connectivity index (χ0v) is 19.3. The van der Waals surface area contributed by atoms with Gasteiger partial charge in [-0.15, -0.1) is 0 Å². The summed E-state index contributed by atoms with van der Waals surface area (Å²) in [5, 5.41) is 15.9. The van der Waals surface area contributed by atoms with E-state index in [-0.39, 0.29) is 30.7 Å². The maximum atomic E-state index is 12.5. The van der Waals surface area contributed by atoms with Gasteiger partial charge in [0.1, 0.15) is 6.54 Å². The minimum Gasteiger partial charge on any atom is -0.390 e. The first-order valence-electron chi connectivity index (χ1n) is 10.3. The third-order valence-corrected chi connectivity index (χ3v) is 5.97. The zero-order valence-electron chi connectivity index (χ0n) is 18.5.